The lowest BCUT2D eigenvalue weighted by Gasteiger charge is -2.10. The summed E-state index contributed by atoms with van der Waals surface area (Å²) in [6, 6.07) is 11.9. The summed E-state index contributed by atoms with van der Waals surface area (Å²) in [6.45, 7) is 3.92. The highest BCUT2D eigenvalue weighted by molar-refractivity contribution is 6.10. The number of carbonyl (C=O) groups is 1. The molecule has 5 nitrogen and oxygen atoms in total. The first-order valence-corrected chi connectivity index (χ1v) is 7.66. The van der Waals surface area contributed by atoms with Crippen LogP contribution in [0.4, 0.5) is 0 Å². The second-order valence-corrected chi connectivity index (χ2v) is 5.04. The van der Waals surface area contributed by atoms with Crippen molar-refractivity contribution in [2.24, 2.45) is 0 Å². The first kappa shape index (κ1) is 18.3. The Hall–Kier alpha value is -3.05. The number of hydrogen-bond acceptors (Lipinski definition) is 5. The van der Waals surface area contributed by atoms with Crippen LogP contribution >= 0.6 is 0 Å². The molecular formula is C20H20O5. The zero-order chi connectivity index (χ0) is 18.1. The molecule has 2 aromatic carbocycles. The molecule has 0 atom stereocenters. The van der Waals surface area contributed by atoms with Gasteiger partial charge in [-0.05, 0) is 30.4 Å². The Morgan fingerprint density at radius 3 is 2.64 bits per heavy atom. The number of rotatable bonds is 9. The zero-order valence-corrected chi connectivity index (χ0v) is 14.0. The molecule has 1 N–H and O–H groups in total. The van der Waals surface area contributed by atoms with Gasteiger partial charge in [0.15, 0.2) is 12.6 Å². The highest BCUT2D eigenvalue weighted by Gasteiger charge is 2.15. The van der Waals surface area contributed by atoms with Crippen LogP contribution < -0.4 is 9.47 Å². The first-order chi connectivity index (χ1) is 12.2. The van der Waals surface area contributed by atoms with Crippen molar-refractivity contribution in [3.05, 3.63) is 72.3 Å². The molecule has 25 heavy (non-hydrogen) atoms. The molecule has 0 radical (unpaired) electrons. The van der Waals surface area contributed by atoms with Gasteiger partial charge in [0, 0.05) is 12.7 Å². The van der Waals surface area contributed by atoms with Crippen molar-refractivity contribution in [1.29, 1.82) is 0 Å². The summed E-state index contributed by atoms with van der Waals surface area (Å²) in [5, 5.41) is 10.0. The molecule has 0 aliphatic carbocycles. The van der Waals surface area contributed by atoms with Crippen molar-refractivity contribution < 1.29 is 24.1 Å². The van der Waals surface area contributed by atoms with Crippen LogP contribution in [-0.4, -0.2) is 31.4 Å². The maximum absolute atomic E-state index is 12.5. The number of carbonyl (C=O) groups excluding carboxylic acids is 1. The fourth-order valence-corrected chi connectivity index (χ4v) is 2.16. The van der Waals surface area contributed by atoms with Crippen LogP contribution in [0.1, 0.15) is 15.9 Å². The Labute approximate surface area is 146 Å². The third-order valence-corrected chi connectivity index (χ3v) is 3.27. The van der Waals surface area contributed by atoms with E-state index in [-0.39, 0.29) is 30.5 Å². The molecule has 130 valence electrons. The molecule has 0 saturated carbocycles. The van der Waals surface area contributed by atoms with E-state index in [0.29, 0.717) is 11.5 Å². The van der Waals surface area contributed by atoms with Gasteiger partial charge in [0.25, 0.3) is 0 Å². The van der Waals surface area contributed by atoms with Gasteiger partial charge in [-0.3, -0.25) is 4.79 Å². The number of phenolic OH excluding ortho intramolecular Hbond substituents is 1. The van der Waals surface area contributed by atoms with E-state index in [1.165, 1.54) is 19.3 Å². The number of methoxy groups -OCH3 is 1. The Morgan fingerprint density at radius 2 is 1.88 bits per heavy atom. The number of phenols is 1. The van der Waals surface area contributed by atoms with Crippen LogP contribution in [0.15, 0.2) is 61.2 Å². The van der Waals surface area contributed by atoms with Gasteiger partial charge in [-0.15, -0.1) is 0 Å². The molecule has 2 rings (SSSR count). The molecule has 5 heteroatoms. The Morgan fingerprint density at radius 1 is 1.12 bits per heavy atom. The smallest absolute Gasteiger partial charge is 0.193 e. The van der Waals surface area contributed by atoms with E-state index in [9.17, 15) is 9.90 Å². The second kappa shape index (κ2) is 9.30. The summed E-state index contributed by atoms with van der Waals surface area (Å²) in [6.07, 6.45) is 4.55. The first-order valence-electron chi connectivity index (χ1n) is 7.66. The molecule has 0 fully saturated rings. The van der Waals surface area contributed by atoms with Crippen molar-refractivity contribution >= 4 is 11.9 Å². The van der Waals surface area contributed by atoms with Crippen LogP contribution in [0, 0.1) is 0 Å². The van der Waals surface area contributed by atoms with E-state index in [2.05, 4.69) is 6.58 Å². The van der Waals surface area contributed by atoms with Gasteiger partial charge < -0.3 is 19.3 Å². The maximum Gasteiger partial charge on any atom is 0.193 e. The summed E-state index contributed by atoms with van der Waals surface area (Å²) < 4.78 is 15.8. The fourth-order valence-electron chi connectivity index (χ4n) is 2.16. The molecule has 0 heterocycles. The van der Waals surface area contributed by atoms with Crippen LogP contribution in [-0.2, 0) is 4.74 Å². The number of allylic oxidation sites excluding steroid dienone is 1. The van der Waals surface area contributed by atoms with E-state index >= 15 is 0 Å². The maximum atomic E-state index is 12.5. The predicted octanol–water partition coefficient (Wildman–Crippen LogP) is 3.84. The number of aromatic hydroxyl groups is 1. The van der Waals surface area contributed by atoms with Gasteiger partial charge >= 0.3 is 0 Å². The van der Waals surface area contributed by atoms with Crippen molar-refractivity contribution in [3.63, 3.8) is 0 Å². The average Bonchev–Trinajstić information content (AvgIpc) is 2.63. The largest absolute Gasteiger partial charge is 0.507 e. The molecule has 0 aromatic heterocycles. The van der Waals surface area contributed by atoms with Gasteiger partial charge in [0.2, 0.25) is 0 Å². The number of ketones is 1. The third-order valence-electron chi connectivity index (χ3n) is 3.27. The summed E-state index contributed by atoms with van der Waals surface area (Å²) in [5.74, 6) is 0.381. The Bertz CT molecular complexity index is 764. The van der Waals surface area contributed by atoms with Crippen LogP contribution in [0.25, 0.3) is 6.08 Å². The lowest BCUT2D eigenvalue weighted by atomic mass is 10.1. The van der Waals surface area contributed by atoms with Crippen molar-refractivity contribution in [2.45, 2.75) is 0 Å². The number of benzene rings is 2. The number of hydrogen-bond donors (Lipinski definition) is 1. The van der Waals surface area contributed by atoms with Gasteiger partial charge in [0.1, 0.15) is 29.4 Å². The summed E-state index contributed by atoms with van der Waals surface area (Å²) in [4.78, 5) is 12.5. The van der Waals surface area contributed by atoms with Crippen LogP contribution in [0.2, 0.25) is 0 Å². The monoisotopic (exact) mass is 340 g/mol. The number of para-hydroxylation sites is 1. The zero-order valence-electron chi connectivity index (χ0n) is 14.0. The van der Waals surface area contributed by atoms with E-state index < -0.39 is 0 Å². The number of ether oxygens (including phenoxy) is 3. The lowest BCUT2D eigenvalue weighted by molar-refractivity contribution is 0.0510. The summed E-state index contributed by atoms with van der Waals surface area (Å²) >= 11 is 0. The fraction of sp³-hybridized carbons (Fsp3) is 0.150. The predicted molar refractivity (Wildman–Crippen MR) is 96.1 cm³/mol. The topological polar surface area (TPSA) is 65.0 Å². The highest BCUT2D eigenvalue weighted by Crippen LogP contribution is 2.29. The SMILES string of the molecule is C=CCOc1cccc(O)c1C(=O)C=Cc1ccccc1OCOC. The van der Waals surface area contributed by atoms with E-state index in [0.717, 1.165) is 5.56 Å². The minimum Gasteiger partial charge on any atom is -0.507 e. The minimum atomic E-state index is -0.376. The molecule has 2 aromatic rings. The van der Waals surface area contributed by atoms with Crippen LogP contribution in [0.5, 0.6) is 17.2 Å². The average molecular weight is 340 g/mol. The van der Waals surface area contributed by atoms with Crippen molar-refractivity contribution in [3.8, 4) is 17.2 Å². The van der Waals surface area contributed by atoms with E-state index in [4.69, 9.17) is 14.2 Å². The lowest BCUT2D eigenvalue weighted by Crippen LogP contribution is -2.03. The normalized spacial score (nSPS) is 10.6. The molecule has 0 saturated heterocycles. The van der Waals surface area contributed by atoms with Gasteiger partial charge in [0.05, 0.1) is 0 Å². The Balaban J connectivity index is 2.25. The van der Waals surface area contributed by atoms with Gasteiger partial charge in [-0.1, -0.05) is 36.9 Å². The molecule has 0 spiro atoms. The van der Waals surface area contributed by atoms with Gasteiger partial charge in [-0.2, -0.15) is 0 Å². The van der Waals surface area contributed by atoms with Crippen LogP contribution in [0.3, 0.4) is 0 Å². The molecule has 0 aliphatic heterocycles. The summed E-state index contributed by atoms with van der Waals surface area (Å²) in [5.41, 5.74) is 0.827. The molecular weight excluding hydrogens is 320 g/mol. The van der Waals surface area contributed by atoms with Crippen molar-refractivity contribution in [2.75, 3.05) is 20.5 Å². The quantitative estimate of drug-likeness (QED) is 0.325. The molecule has 0 bridgehead atoms. The minimum absolute atomic E-state index is 0.107. The third kappa shape index (κ3) is 4.96. The second-order valence-electron chi connectivity index (χ2n) is 5.04. The Kier molecular flexibility index (Phi) is 6.80. The van der Waals surface area contributed by atoms with Gasteiger partial charge in [-0.25, -0.2) is 0 Å². The standard InChI is InChI=1S/C20H20O5/c1-3-13-24-19-10-6-8-16(21)20(19)17(22)12-11-15-7-4-5-9-18(15)25-14-23-2/h3-12,21H,1,13-14H2,2H3. The summed E-state index contributed by atoms with van der Waals surface area (Å²) in [7, 11) is 1.53. The molecule has 0 aliphatic rings. The molecule has 0 unspecified atom stereocenters. The molecule has 0 amide bonds. The van der Waals surface area contributed by atoms with Crippen molar-refractivity contribution in [1.82, 2.24) is 0 Å². The van der Waals surface area contributed by atoms with E-state index in [1.807, 2.05) is 18.2 Å². The van der Waals surface area contributed by atoms with E-state index in [1.54, 1.807) is 30.4 Å². The highest BCUT2D eigenvalue weighted by atomic mass is 16.7.